The van der Waals surface area contributed by atoms with Gasteiger partial charge in [-0.3, -0.25) is 4.79 Å². The van der Waals surface area contributed by atoms with Gasteiger partial charge in [-0.1, -0.05) is 45.9 Å². The molecule has 1 aromatic carbocycles. The summed E-state index contributed by atoms with van der Waals surface area (Å²) in [5, 5.41) is 6.36. The van der Waals surface area contributed by atoms with Crippen LogP contribution in [-0.2, 0) is 0 Å². The molecule has 0 bridgehead atoms. The van der Waals surface area contributed by atoms with Crippen molar-refractivity contribution < 1.29 is 4.79 Å². The van der Waals surface area contributed by atoms with Crippen molar-refractivity contribution in [1.82, 2.24) is 14.9 Å². The molecule has 0 saturated heterocycles. The third-order valence-corrected chi connectivity index (χ3v) is 4.76. The second-order valence-corrected chi connectivity index (χ2v) is 8.38. The predicted molar refractivity (Wildman–Crippen MR) is 121 cm³/mol. The van der Waals surface area contributed by atoms with Gasteiger partial charge in [-0.25, -0.2) is 9.97 Å². The molecule has 2 aromatic rings. The second kappa shape index (κ2) is 10.3. The SMILES string of the molecule is Cc1cc(C(=O)Nc2c(C(C)C)cccc2C(C)C)nc(NCCCN(C)C)n1. The summed E-state index contributed by atoms with van der Waals surface area (Å²) in [6, 6.07) is 7.95. The first kappa shape index (κ1) is 22.8. The summed E-state index contributed by atoms with van der Waals surface area (Å²) < 4.78 is 0. The Morgan fingerprint density at radius 3 is 2.24 bits per heavy atom. The smallest absolute Gasteiger partial charge is 0.274 e. The third-order valence-electron chi connectivity index (χ3n) is 4.76. The summed E-state index contributed by atoms with van der Waals surface area (Å²) in [5.74, 6) is 0.909. The van der Waals surface area contributed by atoms with Gasteiger partial charge in [0, 0.05) is 17.9 Å². The van der Waals surface area contributed by atoms with Crippen molar-refractivity contribution in [1.29, 1.82) is 0 Å². The van der Waals surface area contributed by atoms with Crippen LogP contribution in [0.25, 0.3) is 0 Å². The molecule has 1 aromatic heterocycles. The maximum atomic E-state index is 13.1. The fourth-order valence-corrected chi connectivity index (χ4v) is 3.23. The van der Waals surface area contributed by atoms with E-state index in [1.807, 2.05) is 21.0 Å². The predicted octanol–water partition coefficient (Wildman–Crippen LogP) is 4.65. The summed E-state index contributed by atoms with van der Waals surface area (Å²) in [6.07, 6.45) is 0.978. The highest BCUT2D eigenvalue weighted by atomic mass is 16.1. The minimum Gasteiger partial charge on any atom is -0.354 e. The summed E-state index contributed by atoms with van der Waals surface area (Å²) in [4.78, 5) is 24.0. The van der Waals surface area contributed by atoms with Gasteiger partial charge in [-0.05, 0) is 63.0 Å². The lowest BCUT2D eigenvalue weighted by Gasteiger charge is -2.20. The highest BCUT2D eigenvalue weighted by molar-refractivity contribution is 6.04. The number of carbonyl (C=O) groups excluding carboxylic acids is 1. The molecule has 0 fully saturated rings. The van der Waals surface area contributed by atoms with Crippen LogP contribution in [0.2, 0.25) is 0 Å². The number of nitrogens with one attached hydrogen (secondary N) is 2. The number of carbonyl (C=O) groups is 1. The molecular weight excluding hydrogens is 362 g/mol. The van der Waals surface area contributed by atoms with Crippen LogP contribution in [0.4, 0.5) is 11.6 Å². The molecule has 6 heteroatoms. The Morgan fingerprint density at radius 1 is 1.07 bits per heavy atom. The van der Waals surface area contributed by atoms with Crippen LogP contribution >= 0.6 is 0 Å². The van der Waals surface area contributed by atoms with Crippen LogP contribution in [0.15, 0.2) is 24.3 Å². The number of aryl methyl sites for hydroxylation is 1. The molecule has 0 aliphatic rings. The molecule has 29 heavy (non-hydrogen) atoms. The van der Waals surface area contributed by atoms with Crippen molar-refractivity contribution in [2.75, 3.05) is 37.8 Å². The number of hydrogen-bond acceptors (Lipinski definition) is 5. The van der Waals surface area contributed by atoms with Crippen LogP contribution in [0.3, 0.4) is 0 Å². The monoisotopic (exact) mass is 397 g/mol. The zero-order valence-electron chi connectivity index (χ0n) is 18.8. The molecule has 0 atom stereocenters. The van der Waals surface area contributed by atoms with E-state index in [1.165, 1.54) is 0 Å². The first-order chi connectivity index (χ1) is 13.7. The summed E-state index contributed by atoms with van der Waals surface area (Å²) in [7, 11) is 4.10. The number of aromatic nitrogens is 2. The molecule has 2 N–H and O–H groups in total. The molecule has 6 nitrogen and oxygen atoms in total. The number of amides is 1. The molecule has 0 unspecified atom stereocenters. The number of benzene rings is 1. The molecule has 1 amide bonds. The van der Waals surface area contributed by atoms with Crippen LogP contribution < -0.4 is 10.6 Å². The molecule has 2 rings (SSSR count). The number of para-hydroxylation sites is 1. The molecule has 0 aliphatic heterocycles. The Hall–Kier alpha value is -2.47. The van der Waals surface area contributed by atoms with E-state index >= 15 is 0 Å². The molecule has 0 aliphatic carbocycles. The molecule has 1 heterocycles. The zero-order chi connectivity index (χ0) is 21.6. The van der Waals surface area contributed by atoms with E-state index < -0.39 is 0 Å². The van der Waals surface area contributed by atoms with Crippen molar-refractivity contribution in [3.05, 3.63) is 46.8 Å². The quantitative estimate of drug-likeness (QED) is 0.603. The van der Waals surface area contributed by atoms with Gasteiger partial charge in [-0.2, -0.15) is 0 Å². The van der Waals surface area contributed by atoms with Crippen molar-refractivity contribution in [2.45, 2.75) is 52.9 Å². The van der Waals surface area contributed by atoms with Crippen molar-refractivity contribution in [3.63, 3.8) is 0 Å². The first-order valence-electron chi connectivity index (χ1n) is 10.4. The third kappa shape index (κ3) is 6.53. The van der Waals surface area contributed by atoms with Gasteiger partial charge in [0.25, 0.3) is 5.91 Å². The average molecular weight is 398 g/mol. The zero-order valence-corrected chi connectivity index (χ0v) is 18.8. The number of hydrogen-bond donors (Lipinski definition) is 2. The Kier molecular flexibility index (Phi) is 8.14. The Morgan fingerprint density at radius 2 is 1.69 bits per heavy atom. The lowest BCUT2D eigenvalue weighted by molar-refractivity contribution is 0.102. The van der Waals surface area contributed by atoms with Crippen LogP contribution in [0, 0.1) is 6.92 Å². The van der Waals surface area contributed by atoms with Crippen LogP contribution in [0.1, 0.15) is 73.3 Å². The number of nitrogens with zero attached hydrogens (tertiary/aromatic N) is 3. The molecule has 0 saturated carbocycles. The van der Waals surface area contributed by atoms with Gasteiger partial charge < -0.3 is 15.5 Å². The van der Waals surface area contributed by atoms with Gasteiger partial charge in [0.15, 0.2) is 0 Å². The van der Waals surface area contributed by atoms with Crippen LogP contribution in [-0.4, -0.2) is 48.0 Å². The topological polar surface area (TPSA) is 70.2 Å². The minimum absolute atomic E-state index is 0.207. The maximum absolute atomic E-state index is 13.1. The molecule has 0 radical (unpaired) electrons. The Balaban J connectivity index is 2.23. The van der Waals surface area contributed by atoms with Crippen molar-refractivity contribution in [2.24, 2.45) is 0 Å². The van der Waals surface area contributed by atoms with E-state index in [9.17, 15) is 4.79 Å². The first-order valence-corrected chi connectivity index (χ1v) is 10.4. The summed E-state index contributed by atoms with van der Waals surface area (Å²) >= 11 is 0. The van der Waals surface area contributed by atoms with E-state index in [4.69, 9.17) is 0 Å². The van der Waals surface area contributed by atoms with Crippen molar-refractivity contribution in [3.8, 4) is 0 Å². The largest absolute Gasteiger partial charge is 0.354 e. The Labute approximate surface area is 175 Å². The number of anilines is 2. The van der Waals surface area contributed by atoms with Gasteiger partial charge >= 0.3 is 0 Å². The Bertz CT molecular complexity index is 804. The number of rotatable bonds is 9. The highest BCUT2D eigenvalue weighted by Gasteiger charge is 2.18. The fourth-order valence-electron chi connectivity index (χ4n) is 3.23. The standard InChI is InChI=1S/C23H35N5O/c1-15(2)18-10-8-11-19(16(3)4)21(18)27-22(29)20-14-17(5)25-23(26-20)24-12-9-13-28(6)7/h8,10-11,14-16H,9,12-13H2,1-7H3,(H,27,29)(H,24,25,26). The van der Waals surface area contributed by atoms with E-state index in [-0.39, 0.29) is 5.91 Å². The van der Waals surface area contributed by atoms with Gasteiger partial charge in [0.05, 0.1) is 0 Å². The van der Waals surface area contributed by atoms with Gasteiger partial charge in [0.2, 0.25) is 5.95 Å². The van der Waals surface area contributed by atoms with Gasteiger partial charge in [0.1, 0.15) is 5.69 Å². The lowest BCUT2D eigenvalue weighted by atomic mass is 9.92. The van der Waals surface area contributed by atoms with E-state index in [1.54, 1.807) is 6.07 Å². The van der Waals surface area contributed by atoms with Crippen LogP contribution in [0.5, 0.6) is 0 Å². The van der Waals surface area contributed by atoms with E-state index in [2.05, 4.69) is 71.4 Å². The molecule has 0 spiro atoms. The van der Waals surface area contributed by atoms with Gasteiger partial charge in [-0.15, -0.1) is 0 Å². The maximum Gasteiger partial charge on any atom is 0.274 e. The normalized spacial score (nSPS) is 11.4. The van der Waals surface area contributed by atoms with Crippen molar-refractivity contribution >= 4 is 17.5 Å². The molecule has 158 valence electrons. The minimum atomic E-state index is -0.207. The highest BCUT2D eigenvalue weighted by Crippen LogP contribution is 2.32. The fraction of sp³-hybridized carbons (Fsp3) is 0.522. The van der Waals surface area contributed by atoms with E-state index in [0.29, 0.717) is 23.5 Å². The lowest BCUT2D eigenvalue weighted by Crippen LogP contribution is -2.20. The summed E-state index contributed by atoms with van der Waals surface area (Å²) in [6.45, 7) is 12.2. The average Bonchev–Trinajstić information content (AvgIpc) is 2.64. The second-order valence-electron chi connectivity index (χ2n) is 8.38. The molecular formula is C23H35N5O. The van der Waals surface area contributed by atoms with E-state index in [0.717, 1.165) is 42.0 Å². The summed E-state index contributed by atoms with van der Waals surface area (Å²) in [5.41, 5.74) is 4.32.